The third kappa shape index (κ3) is 2.28. The fourth-order valence-electron chi connectivity index (χ4n) is 3.39. The van der Waals surface area contributed by atoms with Crippen molar-refractivity contribution in [2.45, 2.75) is 51.6 Å². The first-order chi connectivity index (χ1) is 8.49. The van der Waals surface area contributed by atoms with Crippen LogP contribution in [-0.4, -0.2) is 54.5 Å². The summed E-state index contributed by atoms with van der Waals surface area (Å²) in [4.78, 5) is 17.1. The van der Waals surface area contributed by atoms with Gasteiger partial charge < -0.3 is 10.6 Å². The summed E-state index contributed by atoms with van der Waals surface area (Å²) in [6.45, 7) is 6.96. The molecule has 4 nitrogen and oxygen atoms in total. The molecule has 0 aromatic carbocycles. The molecule has 0 aromatic rings. The number of amides is 1. The van der Waals surface area contributed by atoms with E-state index in [4.69, 9.17) is 5.73 Å². The van der Waals surface area contributed by atoms with Gasteiger partial charge in [-0.2, -0.15) is 0 Å². The van der Waals surface area contributed by atoms with E-state index in [1.807, 2.05) is 0 Å². The number of piperazine rings is 1. The van der Waals surface area contributed by atoms with E-state index in [1.165, 1.54) is 0 Å². The highest BCUT2D eigenvalue weighted by Crippen LogP contribution is 2.38. The molecule has 2 aliphatic rings. The Hall–Kier alpha value is -0.610. The number of rotatable bonds is 2. The lowest BCUT2D eigenvalue weighted by Gasteiger charge is -2.42. The van der Waals surface area contributed by atoms with Gasteiger partial charge in [0.2, 0.25) is 5.91 Å². The van der Waals surface area contributed by atoms with E-state index >= 15 is 0 Å². The van der Waals surface area contributed by atoms with Crippen LogP contribution in [0.5, 0.6) is 0 Å². The highest BCUT2D eigenvalue weighted by atomic mass is 16.2. The second kappa shape index (κ2) is 5.17. The largest absolute Gasteiger partial charge is 0.339 e. The first-order valence-electron chi connectivity index (χ1n) is 7.24. The number of nitrogens with two attached hydrogens (primary N) is 1. The van der Waals surface area contributed by atoms with E-state index in [0.29, 0.717) is 11.9 Å². The highest BCUT2D eigenvalue weighted by molar-refractivity contribution is 5.83. The molecule has 2 N–H and O–H groups in total. The zero-order valence-corrected chi connectivity index (χ0v) is 12.0. The van der Waals surface area contributed by atoms with Gasteiger partial charge in [-0.05, 0) is 33.2 Å². The van der Waals surface area contributed by atoms with Crippen LogP contribution in [0.1, 0.15) is 39.5 Å². The Morgan fingerprint density at radius 2 is 2.17 bits per heavy atom. The van der Waals surface area contributed by atoms with Crippen molar-refractivity contribution in [1.29, 1.82) is 0 Å². The first kappa shape index (κ1) is 13.8. The Morgan fingerprint density at radius 3 is 2.72 bits per heavy atom. The maximum absolute atomic E-state index is 12.7. The molecule has 2 rings (SSSR count). The minimum Gasteiger partial charge on any atom is -0.339 e. The molecule has 1 aliphatic heterocycles. The van der Waals surface area contributed by atoms with Crippen LogP contribution in [-0.2, 0) is 4.79 Å². The molecule has 4 heteroatoms. The zero-order valence-electron chi connectivity index (χ0n) is 12.0. The molecular formula is C14H27N3O. The number of carbonyl (C=O) groups is 1. The van der Waals surface area contributed by atoms with Crippen molar-refractivity contribution < 1.29 is 4.79 Å². The van der Waals surface area contributed by atoms with Gasteiger partial charge in [0.15, 0.2) is 0 Å². The average Bonchev–Trinajstić information content (AvgIpc) is 2.70. The molecule has 1 aliphatic carbocycles. The summed E-state index contributed by atoms with van der Waals surface area (Å²) < 4.78 is 0. The number of carbonyl (C=O) groups excluding carboxylic acids is 1. The summed E-state index contributed by atoms with van der Waals surface area (Å²) >= 11 is 0. The minimum atomic E-state index is -0.311. The van der Waals surface area contributed by atoms with Gasteiger partial charge in [0, 0.05) is 31.7 Å². The maximum Gasteiger partial charge on any atom is 0.230 e. The molecule has 3 atom stereocenters. The molecule has 3 unspecified atom stereocenters. The lowest BCUT2D eigenvalue weighted by atomic mass is 9.83. The van der Waals surface area contributed by atoms with Crippen LogP contribution < -0.4 is 5.73 Å². The van der Waals surface area contributed by atoms with E-state index in [1.54, 1.807) is 0 Å². The van der Waals surface area contributed by atoms with Gasteiger partial charge in [-0.15, -0.1) is 0 Å². The predicted octanol–water partition coefficient (Wildman–Crippen LogP) is 1.06. The van der Waals surface area contributed by atoms with Crippen molar-refractivity contribution in [3.8, 4) is 0 Å². The number of hydrogen-bond acceptors (Lipinski definition) is 3. The number of likely N-dealkylation sites (N-methyl/N-ethyl adjacent to an activating group) is 1. The molecule has 1 amide bonds. The van der Waals surface area contributed by atoms with Crippen molar-refractivity contribution in [2.24, 2.45) is 11.1 Å². The van der Waals surface area contributed by atoms with Gasteiger partial charge in [0.1, 0.15) is 0 Å². The van der Waals surface area contributed by atoms with Gasteiger partial charge >= 0.3 is 0 Å². The van der Waals surface area contributed by atoms with Crippen LogP contribution in [0.25, 0.3) is 0 Å². The van der Waals surface area contributed by atoms with Gasteiger partial charge in [-0.3, -0.25) is 9.69 Å². The van der Waals surface area contributed by atoms with Crippen molar-refractivity contribution in [2.75, 3.05) is 26.7 Å². The first-order valence-corrected chi connectivity index (χ1v) is 7.24. The molecule has 104 valence electrons. The summed E-state index contributed by atoms with van der Waals surface area (Å²) in [5, 5.41) is 0. The SMILES string of the molecule is CCC1CN(C(=O)C2(C)CCCC2N)CCN1C. The zero-order chi connectivity index (χ0) is 13.3. The Kier molecular flexibility index (Phi) is 3.97. The molecule has 1 saturated heterocycles. The van der Waals surface area contributed by atoms with Crippen LogP contribution >= 0.6 is 0 Å². The molecule has 0 radical (unpaired) electrons. The normalized spacial score (nSPS) is 38.1. The van der Waals surface area contributed by atoms with E-state index in [-0.39, 0.29) is 11.5 Å². The topological polar surface area (TPSA) is 49.6 Å². The molecule has 0 spiro atoms. The Bertz CT molecular complexity index is 320. The molecule has 1 heterocycles. The van der Waals surface area contributed by atoms with Gasteiger partial charge in [-0.1, -0.05) is 13.3 Å². The lowest BCUT2D eigenvalue weighted by Crippen LogP contribution is -2.58. The van der Waals surface area contributed by atoms with Crippen molar-refractivity contribution >= 4 is 5.91 Å². The van der Waals surface area contributed by atoms with Crippen LogP contribution in [0, 0.1) is 5.41 Å². The molecule has 0 bridgehead atoms. The summed E-state index contributed by atoms with van der Waals surface area (Å²) in [6.07, 6.45) is 4.14. The molecular weight excluding hydrogens is 226 g/mol. The number of hydrogen-bond donors (Lipinski definition) is 1. The Morgan fingerprint density at radius 1 is 1.44 bits per heavy atom. The van der Waals surface area contributed by atoms with Crippen molar-refractivity contribution in [1.82, 2.24) is 9.80 Å². The third-order valence-electron chi connectivity index (χ3n) is 5.05. The summed E-state index contributed by atoms with van der Waals surface area (Å²) in [6, 6.07) is 0.550. The Labute approximate surface area is 110 Å². The van der Waals surface area contributed by atoms with Crippen molar-refractivity contribution in [3.63, 3.8) is 0 Å². The van der Waals surface area contributed by atoms with Crippen LogP contribution in [0.3, 0.4) is 0 Å². The minimum absolute atomic E-state index is 0.0460. The Balaban J connectivity index is 2.05. The second-order valence-corrected chi connectivity index (χ2v) is 6.21. The fourth-order valence-corrected chi connectivity index (χ4v) is 3.39. The summed E-state index contributed by atoms with van der Waals surface area (Å²) in [5.74, 6) is 0.291. The molecule has 1 saturated carbocycles. The summed E-state index contributed by atoms with van der Waals surface area (Å²) in [7, 11) is 2.15. The van der Waals surface area contributed by atoms with E-state index < -0.39 is 0 Å². The standard InChI is InChI=1S/C14H27N3O/c1-4-11-10-17(9-8-16(11)3)13(18)14(2)7-5-6-12(14)15/h11-12H,4-10,15H2,1-3H3. The quantitative estimate of drug-likeness (QED) is 0.800. The van der Waals surface area contributed by atoms with Gasteiger partial charge in [0.05, 0.1) is 5.41 Å². The molecule has 0 aromatic heterocycles. The van der Waals surface area contributed by atoms with Gasteiger partial charge in [-0.25, -0.2) is 0 Å². The smallest absolute Gasteiger partial charge is 0.230 e. The molecule has 2 fully saturated rings. The predicted molar refractivity (Wildman–Crippen MR) is 73.2 cm³/mol. The van der Waals surface area contributed by atoms with E-state index in [0.717, 1.165) is 45.3 Å². The second-order valence-electron chi connectivity index (χ2n) is 6.21. The number of nitrogens with zero attached hydrogens (tertiary/aromatic N) is 2. The van der Waals surface area contributed by atoms with Crippen LogP contribution in [0.4, 0.5) is 0 Å². The lowest BCUT2D eigenvalue weighted by molar-refractivity contribution is -0.144. The van der Waals surface area contributed by atoms with Crippen LogP contribution in [0.15, 0.2) is 0 Å². The monoisotopic (exact) mass is 253 g/mol. The van der Waals surface area contributed by atoms with Crippen LogP contribution in [0.2, 0.25) is 0 Å². The fraction of sp³-hybridized carbons (Fsp3) is 0.929. The van der Waals surface area contributed by atoms with Gasteiger partial charge in [0.25, 0.3) is 0 Å². The summed E-state index contributed by atoms with van der Waals surface area (Å²) in [5.41, 5.74) is 5.85. The third-order valence-corrected chi connectivity index (χ3v) is 5.05. The van der Waals surface area contributed by atoms with E-state index in [9.17, 15) is 4.79 Å². The highest BCUT2D eigenvalue weighted by Gasteiger charge is 2.45. The van der Waals surface area contributed by atoms with E-state index in [2.05, 4.69) is 30.7 Å². The maximum atomic E-state index is 12.7. The molecule has 18 heavy (non-hydrogen) atoms. The average molecular weight is 253 g/mol. The van der Waals surface area contributed by atoms with Crippen molar-refractivity contribution in [3.05, 3.63) is 0 Å².